The van der Waals surface area contributed by atoms with E-state index in [-0.39, 0.29) is 0 Å². The van der Waals surface area contributed by atoms with Gasteiger partial charge in [-0.05, 0) is 17.7 Å². The summed E-state index contributed by atoms with van der Waals surface area (Å²) in [5, 5.41) is 0. The van der Waals surface area contributed by atoms with Crippen molar-refractivity contribution in [3.8, 4) is 29.9 Å². The van der Waals surface area contributed by atoms with E-state index in [2.05, 4.69) is 17.8 Å². The molecule has 0 heterocycles. The van der Waals surface area contributed by atoms with Gasteiger partial charge in [0.2, 0.25) is 0 Å². The van der Waals surface area contributed by atoms with Gasteiger partial charge >= 0.3 is 0 Å². The van der Waals surface area contributed by atoms with Gasteiger partial charge in [0, 0.05) is 0 Å². The molecular formula is C15H16O3. The predicted octanol–water partition coefficient (Wildman–Crippen LogP) is 1.86. The second-order valence-electron chi connectivity index (χ2n) is 3.39. The largest absolute Gasteiger partial charge is 0.497 e. The molecular weight excluding hydrogens is 228 g/mol. The summed E-state index contributed by atoms with van der Waals surface area (Å²) in [7, 11) is 1.64. The maximum absolute atomic E-state index is 5.39. The minimum absolute atomic E-state index is 0.293. The average molecular weight is 244 g/mol. The second kappa shape index (κ2) is 9.13. The SMILES string of the molecule is C#CCOCC#CCOCc1ccc(OC)cc1. The summed E-state index contributed by atoms with van der Waals surface area (Å²) in [6.45, 7) is 1.55. The Labute approximate surface area is 108 Å². The molecule has 3 nitrogen and oxygen atoms in total. The van der Waals surface area contributed by atoms with Crippen LogP contribution < -0.4 is 4.74 Å². The monoisotopic (exact) mass is 244 g/mol. The molecule has 0 spiro atoms. The molecule has 0 aliphatic heterocycles. The smallest absolute Gasteiger partial charge is 0.118 e. The van der Waals surface area contributed by atoms with E-state index in [1.54, 1.807) is 7.11 Å². The van der Waals surface area contributed by atoms with E-state index >= 15 is 0 Å². The molecule has 0 saturated carbocycles. The molecule has 1 rings (SSSR count). The molecule has 0 aliphatic carbocycles. The molecule has 0 atom stereocenters. The first-order valence-corrected chi connectivity index (χ1v) is 5.54. The lowest BCUT2D eigenvalue weighted by molar-refractivity contribution is 0.153. The van der Waals surface area contributed by atoms with Crippen molar-refractivity contribution in [1.29, 1.82) is 0 Å². The summed E-state index contributed by atoms with van der Waals surface area (Å²) in [5.74, 6) is 8.86. The van der Waals surface area contributed by atoms with Gasteiger partial charge in [0.05, 0.1) is 13.7 Å². The number of methoxy groups -OCH3 is 1. The molecule has 3 heteroatoms. The van der Waals surface area contributed by atoms with Gasteiger partial charge in [-0.15, -0.1) is 6.42 Å². The zero-order valence-electron chi connectivity index (χ0n) is 10.4. The summed E-state index contributed by atoms with van der Waals surface area (Å²) in [4.78, 5) is 0. The van der Waals surface area contributed by atoms with Gasteiger partial charge in [0.1, 0.15) is 25.6 Å². The van der Waals surface area contributed by atoms with Gasteiger partial charge in [0.15, 0.2) is 0 Å². The number of terminal acetylenes is 1. The van der Waals surface area contributed by atoms with Crippen molar-refractivity contribution >= 4 is 0 Å². The van der Waals surface area contributed by atoms with Crippen molar-refractivity contribution in [1.82, 2.24) is 0 Å². The van der Waals surface area contributed by atoms with Gasteiger partial charge in [0.25, 0.3) is 0 Å². The highest BCUT2D eigenvalue weighted by Crippen LogP contribution is 2.11. The molecule has 94 valence electrons. The van der Waals surface area contributed by atoms with Gasteiger partial charge in [-0.2, -0.15) is 0 Å². The molecule has 0 fully saturated rings. The summed E-state index contributed by atoms with van der Waals surface area (Å²) in [6, 6.07) is 7.72. The Morgan fingerprint density at radius 2 is 1.67 bits per heavy atom. The van der Waals surface area contributed by atoms with Crippen LogP contribution in [0.4, 0.5) is 0 Å². The van der Waals surface area contributed by atoms with Crippen LogP contribution in [0.25, 0.3) is 0 Å². The van der Waals surface area contributed by atoms with Crippen LogP contribution in [0.3, 0.4) is 0 Å². The van der Waals surface area contributed by atoms with Gasteiger partial charge in [-0.25, -0.2) is 0 Å². The molecule has 18 heavy (non-hydrogen) atoms. The molecule has 0 unspecified atom stereocenters. The Bertz CT molecular complexity index is 432. The van der Waals surface area contributed by atoms with Crippen LogP contribution in [0.1, 0.15) is 5.56 Å². The summed E-state index contributed by atoms with van der Waals surface area (Å²) in [5.41, 5.74) is 1.08. The second-order valence-corrected chi connectivity index (χ2v) is 3.39. The Kier molecular flexibility index (Phi) is 7.16. The molecule has 0 N–H and O–H groups in total. The van der Waals surface area contributed by atoms with E-state index in [0.717, 1.165) is 11.3 Å². The maximum atomic E-state index is 5.39. The molecule has 0 bridgehead atoms. The molecule has 0 radical (unpaired) electrons. The highest BCUT2D eigenvalue weighted by atomic mass is 16.5. The lowest BCUT2D eigenvalue weighted by Gasteiger charge is -2.02. The Morgan fingerprint density at radius 3 is 2.28 bits per heavy atom. The van der Waals surface area contributed by atoms with Gasteiger partial charge in [-0.1, -0.05) is 29.9 Å². The molecule has 1 aromatic rings. The Hall–Kier alpha value is -1.94. The molecule has 0 saturated heterocycles. The van der Waals surface area contributed by atoms with E-state index in [4.69, 9.17) is 20.6 Å². The summed E-state index contributed by atoms with van der Waals surface area (Å²) < 4.78 is 15.5. The van der Waals surface area contributed by atoms with Crippen molar-refractivity contribution in [2.75, 3.05) is 26.9 Å². The predicted molar refractivity (Wildman–Crippen MR) is 70.1 cm³/mol. The zero-order chi connectivity index (χ0) is 13.1. The maximum Gasteiger partial charge on any atom is 0.118 e. The topological polar surface area (TPSA) is 27.7 Å². The van der Waals surface area contributed by atoms with Crippen LogP contribution in [-0.4, -0.2) is 26.9 Å². The van der Waals surface area contributed by atoms with E-state index in [9.17, 15) is 0 Å². The van der Waals surface area contributed by atoms with Crippen LogP contribution in [0.5, 0.6) is 5.75 Å². The molecule has 0 amide bonds. The van der Waals surface area contributed by atoms with Crippen LogP contribution >= 0.6 is 0 Å². The van der Waals surface area contributed by atoms with E-state index < -0.39 is 0 Å². The first-order chi connectivity index (χ1) is 8.86. The van der Waals surface area contributed by atoms with Crippen molar-refractivity contribution in [3.63, 3.8) is 0 Å². The van der Waals surface area contributed by atoms with Crippen molar-refractivity contribution in [3.05, 3.63) is 29.8 Å². The van der Waals surface area contributed by atoms with Crippen molar-refractivity contribution < 1.29 is 14.2 Å². The zero-order valence-corrected chi connectivity index (χ0v) is 10.4. The number of benzene rings is 1. The van der Waals surface area contributed by atoms with Gasteiger partial charge < -0.3 is 14.2 Å². The van der Waals surface area contributed by atoms with E-state index in [1.165, 1.54) is 0 Å². The van der Waals surface area contributed by atoms with E-state index in [1.807, 2.05) is 24.3 Å². The van der Waals surface area contributed by atoms with Crippen LogP contribution in [0.2, 0.25) is 0 Å². The average Bonchev–Trinajstić information content (AvgIpc) is 2.42. The third-order valence-corrected chi connectivity index (χ3v) is 2.09. The van der Waals surface area contributed by atoms with Crippen LogP contribution in [0.15, 0.2) is 24.3 Å². The van der Waals surface area contributed by atoms with E-state index in [0.29, 0.717) is 26.4 Å². The quantitative estimate of drug-likeness (QED) is 0.565. The van der Waals surface area contributed by atoms with Crippen LogP contribution in [0, 0.1) is 24.2 Å². The highest BCUT2D eigenvalue weighted by molar-refractivity contribution is 5.26. The minimum atomic E-state index is 0.293. The Morgan fingerprint density at radius 1 is 1.00 bits per heavy atom. The summed E-state index contributed by atoms with van der Waals surface area (Å²) in [6.07, 6.45) is 5.02. The number of rotatable bonds is 6. The van der Waals surface area contributed by atoms with Crippen molar-refractivity contribution in [2.24, 2.45) is 0 Å². The first-order valence-electron chi connectivity index (χ1n) is 5.54. The number of hydrogen-bond donors (Lipinski definition) is 0. The fourth-order valence-electron chi connectivity index (χ4n) is 1.20. The molecule has 0 aliphatic rings. The third kappa shape index (κ3) is 5.96. The number of hydrogen-bond acceptors (Lipinski definition) is 3. The highest BCUT2D eigenvalue weighted by Gasteiger charge is 1.93. The Balaban J connectivity index is 2.15. The number of ether oxygens (including phenoxy) is 3. The fourth-order valence-corrected chi connectivity index (χ4v) is 1.20. The lowest BCUT2D eigenvalue weighted by Crippen LogP contribution is -1.95. The lowest BCUT2D eigenvalue weighted by atomic mass is 10.2. The molecule has 1 aromatic carbocycles. The summed E-state index contributed by atoms with van der Waals surface area (Å²) >= 11 is 0. The van der Waals surface area contributed by atoms with Crippen LogP contribution in [-0.2, 0) is 16.1 Å². The van der Waals surface area contributed by atoms with Crippen molar-refractivity contribution in [2.45, 2.75) is 6.61 Å². The normalized spacial score (nSPS) is 9.11. The standard InChI is InChI=1S/C15H16O3/c1-3-10-17-11-4-5-12-18-13-14-6-8-15(16-2)9-7-14/h1,6-9H,10-13H2,2H3. The van der Waals surface area contributed by atoms with Gasteiger partial charge in [-0.3, -0.25) is 0 Å². The first kappa shape index (κ1) is 14.1. The third-order valence-electron chi connectivity index (χ3n) is 2.09. The minimum Gasteiger partial charge on any atom is -0.497 e. The fraction of sp³-hybridized carbons (Fsp3) is 0.333. The molecule has 0 aromatic heterocycles.